The van der Waals surface area contributed by atoms with Crippen molar-refractivity contribution < 1.29 is 9.47 Å². The molecule has 2 heteroatoms. The second-order valence-electron chi connectivity index (χ2n) is 9.72. The Morgan fingerprint density at radius 3 is 2.32 bits per heavy atom. The monoisotopic (exact) mass is 342 g/mol. The number of rotatable bonds is 0. The Hall–Kier alpha value is -0.860. The Balaban J connectivity index is 1.94. The minimum absolute atomic E-state index is 0.0549. The van der Waals surface area contributed by atoms with Gasteiger partial charge in [0.05, 0.1) is 13.2 Å². The highest BCUT2D eigenvalue weighted by Gasteiger charge is 2.62. The van der Waals surface area contributed by atoms with Gasteiger partial charge in [-0.15, -0.1) is 0 Å². The van der Waals surface area contributed by atoms with E-state index < -0.39 is 5.79 Å². The van der Waals surface area contributed by atoms with E-state index in [2.05, 4.69) is 40.7 Å². The highest BCUT2D eigenvalue weighted by atomic mass is 16.7. The van der Waals surface area contributed by atoms with Crippen molar-refractivity contribution in [1.82, 2.24) is 0 Å². The van der Waals surface area contributed by atoms with Gasteiger partial charge in [-0.1, -0.05) is 38.0 Å². The first-order valence-electron chi connectivity index (χ1n) is 10.2. The van der Waals surface area contributed by atoms with E-state index in [4.69, 9.17) is 9.47 Å². The average Bonchev–Trinajstić information content (AvgIpc) is 2.90. The first-order chi connectivity index (χ1) is 11.8. The maximum atomic E-state index is 6.34. The van der Waals surface area contributed by atoms with Crippen LogP contribution in [0, 0.1) is 10.8 Å². The van der Waals surface area contributed by atoms with E-state index in [1.54, 1.807) is 22.3 Å². The molecular weight excluding hydrogens is 308 g/mol. The van der Waals surface area contributed by atoms with Crippen molar-refractivity contribution in [3.63, 3.8) is 0 Å². The second-order valence-corrected chi connectivity index (χ2v) is 9.72. The van der Waals surface area contributed by atoms with Crippen LogP contribution in [0.1, 0.15) is 79.6 Å². The van der Waals surface area contributed by atoms with Crippen molar-refractivity contribution in [2.75, 3.05) is 13.2 Å². The molecule has 1 atom stereocenters. The van der Waals surface area contributed by atoms with E-state index in [1.165, 1.54) is 31.3 Å². The molecule has 3 fully saturated rings. The van der Waals surface area contributed by atoms with Gasteiger partial charge >= 0.3 is 0 Å². The molecule has 0 aromatic heterocycles. The molecule has 0 N–H and O–H groups in total. The summed E-state index contributed by atoms with van der Waals surface area (Å²) in [5, 5.41) is 0. The highest BCUT2D eigenvalue weighted by Crippen LogP contribution is 2.67. The van der Waals surface area contributed by atoms with Crippen molar-refractivity contribution in [2.24, 2.45) is 10.8 Å². The Labute approximate surface area is 153 Å². The fraction of sp³-hybridized carbons (Fsp3) is 0.739. The lowest BCUT2D eigenvalue weighted by molar-refractivity contribution is -0.266. The highest BCUT2D eigenvalue weighted by molar-refractivity contribution is 5.58. The van der Waals surface area contributed by atoms with Crippen molar-refractivity contribution in [2.45, 2.75) is 85.4 Å². The van der Waals surface area contributed by atoms with Crippen LogP contribution in [0.3, 0.4) is 0 Å². The van der Waals surface area contributed by atoms with Gasteiger partial charge in [-0.25, -0.2) is 0 Å². The normalized spacial score (nSPS) is 31.7. The van der Waals surface area contributed by atoms with Gasteiger partial charge in [0.2, 0.25) is 0 Å². The molecule has 1 unspecified atom stereocenters. The third-order valence-corrected chi connectivity index (χ3v) is 6.99. The van der Waals surface area contributed by atoms with Crippen LogP contribution >= 0.6 is 0 Å². The lowest BCUT2D eigenvalue weighted by Gasteiger charge is -2.49. The molecule has 1 heterocycles. The Bertz CT molecular complexity index is 661. The van der Waals surface area contributed by atoms with Crippen molar-refractivity contribution in [3.8, 4) is 0 Å². The van der Waals surface area contributed by atoms with Crippen LogP contribution in [0.2, 0.25) is 0 Å². The molecule has 0 amide bonds. The van der Waals surface area contributed by atoms with Crippen LogP contribution < -0.4 is 0 Å². The summed E-state index contributed by atoms with van der Waals surface area (Å²) >= 11 is 0. The molecule has 2 nitrogen and oxygen atoms in total. The first kappa shape index (κ1) is 17.5. The Morgan fingerprint density at radius 2 is 1.68 bits per heavy atom. The molecule has 0 radical (unpaired) electrons. The van der Waals surface area contributed by atoms with E-state index in [0.29, 0.717) is 0 Å². The molecule has 25 heavy (non-hydrogen) atoms. The van der Waals surface area contributed by atoms with Gasteiger partial charge in [0, 0.05) is 18.3 Å². The van der Waals surface area contributed by atoms with Crippen LogP contribution in [0.25, 0.3) is 0 Å². The number of hydrogen-bond acceptors (Lipinski definition) is 2. The molecule has 0 bridgehead atoms. The maximum absolute atomic E-state index is 6.34. The predicted octanol–water partition coefficient (Wildman–Crippen LogP) is 6.09. The van der Waals surface area contributed by atoms with E-state index in [9.17, 15) is 0 Å². The Kier molecular flexibility index (Phi) is 4.09. The second kappa shape index (κ2) is 5.82. The van der Waals surface area contributed by atoms with Crippen LogP contribution in [0.15, 0.2) is 33.9 Å². The molecule has 1 saturated heterocycles. The fourth-order valence-corrected chi connectivity index (χ4v) is 5.86. The fourth-order valence-electron chi connectivity index (χ4n) is 5.86. The van der Waals surface area contributed by atoms with Crippen LogP contribution in [0.4, 0.5) is 0 Å². The molecule has 4 aliphatic rings. The minimum Gasteiger partial charge on any atom is -0.349 e. The molecular formula is C23H34O2. The lowest BCUT2D eigenvalue weighted by atomic mass is 9.54. The van der Waals surface area contributed by atoms with Crippen molar-refractivity contribution in [3.05, 3.63) is 33.9 Å². The van der Waals surface area contributed by atoms with Crippen LogP contribution in [-0.4, -0.2) is 19.0 Å². The molecule has 1 spiro atoms. The van der Waals surface area contributed by atoms with E-state index in [-0.39, 0.29) is 10.8 Å². The quantitative estimate of drug-likeness (QED) is 0.530. The van der Waals surface area contributed by atoms with Crippen molar-refractivity contribution in [1.29, 1.82) is 0 Å². The summed E-state index contributed by atoms with van der Waals surface area (Å²) in [6, 6.07) is 0. The van der Waals surface area contributed by atoms with Gasteiger partial charge in [0.25, 0.3) is 0 Å². The van der Waals surface area contributed by atoms with Crippen LogP contribution in [0.5, 0.6) is 0 Å². The number of allylic oxidation sites excluding steroid dienone is 5. The molecule has 4 rings (SSSR count). The summed E-state index contributed by atoms with van der Waals surface area (Å²) in [7, 11) is 0. The summed E-state index contributed by atoms with van der Waals surface area (Å²) in [5.41, 5.74) is 8.11. The summed E-state index contributed by atoms with van der Waals surface area (Å²) in [5.74, 6) is -0.394. The summed E-state index contributed by atoms with van der Waals surface area (Å²) < 4.78 is 12.7. The third kappa shape index (κ3) is 2.51. The summed E-state index contributed by atoms with van der Waals surface area (Å²) in [6.45, 7) is 13.5. The molecule has 3 aliphatic carbocycles. The van der Waals surface area contributed by atoms with Gasteiger partial charge < -0.3 is 9.47 Å². The third-order valence-electron chi connectivity index (χ3n) is 6.99. The van der Waals surface area contributed by atoms with Crippen LogP contribution in [-0.2, 0) is 9.47 Å². The summed E-state index contributed by atoms with van der Waals surface area (Å²) in [4.78, 5) is 0. The smallest absolute Gasteiger partial charge is 0.173 e. The van der Waals surface area contributed by atoms with E-state index in [0.717, 1.165) is 32.5 Å². The number of fused-ring (bicyclic) bond motifs is 2. The standard InChI is InChI=1S/C23H34O2/c1-16(2)19-13-17-9-6-7-10-18(17)20-14-22(24-11-8-12-25-22)15-23(19,20)21(3,4)5/h13H,6-12,14-15H2,1-5H3. The van der Waals surface area contributed by atoms with Gasteiger partial charge in [-0.3, -0.25) is 0 Å². The minimum atomic E-state index is -0.394. The average molecular weight is 343 g/mol. The lowest BCUT2D eigenvalue weighted by Crippen LogP contribution is -2.44. The predicted molar refractivity (Wildman–Crippen MR) is 102 cm³/mol. The Morgan fingerprint density at radius 1 is 1.00 bits per heavy atom. The van der Waals surface area contributed by atoms with E-state index >= 15 is 0 Å². The zero-order chi connectivity index (χ0) is 17.9. The zero-order valence-electron chi connectivity index (χ0n) is 16.8. The molecule has 0 aromatic rings. The van der Waals surface area contributed by atoms with E-state index in [1.807, 2.05) is 0 Å². The topological polar surface area (TPSA) is 18.5 Å². The summed E-state index contributed by atoms with van der Waals surface area (Å²) in [6.07, 6.45) is 10.7. The van der Waals surface area contributed by atoms with Gasteiger partial charge in [0.1, 0.15) is 0 Å². The number of hydrogen-bond donors (Lipinski definition) is 0. The number of ether oxygens (including phenoxy) is 2. The van der Waals surface area contributed by atoms with Crippen molar-refractivity contribution >= 4 is 0 Å². The van der Waals surface area contributed by atoms with Gasteiger partial charge in [-0.2, -0.15) is 0 Å². The first-order valence-corrected chi connectivity index (χ1v) is 10.2. The van der Waals surface area contributed by atoms with Gasteiger partial charge in [-0.05, 0) is 68.1 Å². The maximum Gasteiger partial charge on any atom is 0.173 e. The largest absolute Gasteiger partial charge is 0.349 e. The zero-order valence-corrected chi connectivity index (χ0v) is 16.8. The van der Waals surface area contributed by atoms with Gasteiger partial charge in [0.15, 0.2) is 5.79 Å². The molecule has 0 aromatic carbocycles. The molecule has 2 saturated carbocycles. The molecule has 1 aliphatic heterocycles. The molecule has 138 valence electrons. The SMILES string of the molecule is CC(C)=C1C=C2CCCCC2=C2CC3(CC12C(C)(C)C)OCCCO3.